The number of tetrazole rings is 1. The van der Waals surface area contributed by atoms with E-state index in [4.69, 9.17) is 16.3 Å². The summed E-state index contributed by atoms with van der Waals surface area (Å²) in [5, 5.41) is 24.9. The molecule has 0 saturated carbocycles. The summed E-state index contributed by atoms with van der Waals surface area (Å²) in [5.41, 5.74) is 5.37. The van der Waals surface area contributed by atoms with Crippen LogP contribution in [0.1, 0.15) is 30.0 Å². The Morgan fingerprint density at radius 1 is 1.19 bits per heavy atom. The van der Waals surface area contributed by atoms with E-state index < -0.39 is 18.0 Å². The van der Waals surface area contributed by atoms with Crippen molar-refractivity contribution < 1.29 is 19.4 Å². The first-order valence-electron chi connectivity index (χ1n) is 9.85. The quantitative estimate of drug-likeness (QED) is 0.327. The van der Waals surface area contributed by atoms with Gasteiger partial charge in [-0.05, 0) is 53.1 Å². The third kappa shape index (κ3) is 6.58. The van der Waals surface area contributed by atoms with Crippen molar-refractivity contribution in [2.75, 3.05) is 6.54 Å². The van der Waals surface area contributed by atoms with Crippen molar-refractivity contribution >= 4 is 23.5 Å². The number of esters is 1. The van der Waals surface area contributed by atoms with Crippen molar-refractivity contribution in [2.24, 2.45) is 0 Å². The van der Waals surface area contributed by atoms with Crippen LogP contribution in [0.4, 0.5) is 0 Å². The SMILES string of the molecule is CC(C)OC(=O)[C@H](O)CN(Cc1ccc(-c2cccc(Cl)c2)cc1)NC(=O)c1nnn[nH]1. The summed E-state index contributed by atoms with van der Waals surface area (Å²) in [4.78, 5) is 24.4. The Bertz CT molecular complexity index is 1040. The van der Waals surface area contributed by atoms with Gasteiger partial charge in [0.15, 0.2) is 6.10 Å². The number of aliphatic hydroxyl groups excluding tert-OH is 1. The van der Waals surface area contributed by atoms with E-state index in [1.54, 1.807) is 19.9 Å². The molecule has 0 saturated heterocycles. The van der Waals surface area contributed by atoms with Gasteiger partial charge >= 0.3 is 11.9 Å². The number of carbonyl (C=O) groups excluding carboxylic acids is 2. The molecule has 1 heterocycles. The predicted molar refractivity (Wildman–Crippen MR) is 116 cm³/mol. The second kappa shape index (κ2) is 10.8. The molecule has 1 atom stereocenters. The van der Waals surface area contributed by atoms with Gasteiger partial charge in [-0.2, -0.15) is 0 Å². The minimum Gasteiger partial charge on any atom is -0.461 e. The lowest BCUT2D eigenvalue weighted by Crippen LogP contribution is -2.48. The highest BCUT2D eigenvalue weighted by Gasteiger charge is 2.24. The summed E-state index contributed by atoms with van der Waals surface area (Å²) in [7, 11) is 0. The number of nitrogens with one attached hydrogen (secondary N) is 2. The molecule has 0 unspecified atom stereocenters. The molecular formula is C21H23ClN6O4. The Labute approximate surface area is 189 Å². The molecule has 0 aliphatic carbocycles. The first kappa shape index (κ1) is 23.3. The van der Waals surface area contributed by atoms with Crippen molar-refractivity contribution in [1.82, 2.24) is 31.1 Å². The van der Waals surface area contributed by atoms with Gasteiger partial charge in [-0.25, -0.2) is 14.9 Å². The van der Waals surface area contributed by atoms with Gasteiger partial charge in [-0.3, -0.25) is 10.2 Å². The van der Waals surface area contributed by atoms with Gasteiger partial charge in [0.25, 0.3) is 0 Å². The average Bonchev–Trinajstić information content (AvgIpc) is 3.29. The predicted octanol–water partition coefficient (Wildman–Crippen LogP) is 1.98. The molecule has 1 amide bonds. The molecule has 0 spiro atoms. The standard InChI is InChI=1S/C21H23ClN6O4/c1-13(2)32-21(31)18(29)12-28(25-20(30)19-23-26-27-24-19)11-14-6-8-15(9-7-14)16-4-3-5-17(22)10-16/h3-10,13,18,29H,11-12H2,1-2H3,(H,25,30)(H,23,24,26,27)/t18-/m1/s1. The van der Waals surface area contributed by atoms with Crippen LogP contribution in [0.25, 0.3) is 11.1 Å². The summed E-state index contributed by atoms with van der Waals surface area (Å²) in [5.74, 6) is -1.50. The normalized spacial score (nSPS) is 12.1. The monoisotopic (exact) mass is 458 g/mol. The molecule has 0 radical (unpaired) electrons. The number of hydrazine groups is 1. The number of H-pyrrole nitrogens is 1. The zero-order valence-corrected chi connectivity index (χ0v) is 18.3. The Balaban J connectivity index is 1.73. The minimum absolute atomic E-state index is 0.106. The number of aromatic amines is 1. The van der Waals surface area contributed by atoms with Crippen molar-refractivity contribution in [1.29, 1.82) is 0 Å². The molecule has 11 heteroatoms. The summed E-state index contributed by atoms with van der Waals surface area (Å²) < 4.78 is 5.04. The van der Waals surface area contributed by atoms with Crippen LogP contribution in [-0.2, 0) is 16.1 Å². The molecule has 3 N–H and O–H groups in total. The number of aromatic nitrogens is 4. The Kier molecular flexibility index (Phi) is 7.87. The van der Waals surface area contributed by atoms with Gasteiger partial charge in [-0.15, -0.1) is 5.10 Å². The molecular weight excluding hydrogens is 436 g/mol. The minimum atomic E-state index is -1.46. The van der Waals surface area contributed by atoms with E-state index in [9.17, 15) is 14.7 Å². The van der Waals surface area contributed by atoms with E-state index >= 15 is 0 Å². The third-order valence-electron chi connectivity index (χ3n) is 4.32. The van der Waals surface area contributed by atoms with Crippen LogP contribution in [0.15, 0.2) is 48.5 Å². The van der Waals surface area contributed by atoms with Gasteiger partial charge in [0.2, 0.25) is 5.82 Å². The zero-order chi connectivity index (χ0) is 23.1. The van der Waals surface area contributed by atoms with Crippen molar-refractivity contribution in [2.45, 2.75) is 32.6 Å². The van der Waals surface area contributed by atoms with E-state index in [1.807, 2.05) is 42.5 Å². The summed E-state index contributed by atoms with van der Waals surface area (Å²) >= 11 is 6.07. The maximum Gasteiger partial charge on any atom is 0.336 e. The maximum absolute atomic E-state index is 12.4. The van der Waals surface area contributed by atoms with Gasteiger partial charge in [0.05, 0.1) is 12.6 Å². The molecule has 3 rings (SSSR count). The van der Waals surface area contributed by atoms with Crippen LogP contribution < -0.4 is 5.43 Å². The lowest BCUT2D eigenvalue weighted by atomic mass is 10.0. The molecule has 10 nitrogen and oxygen atoms in total. The van der Waals surface area contributed by atoms with E-state index in [1.165, 1.54) is 5.01 Å². The van der Waals surface area contributed by atoms with Crippen LogP contribution >= 0.6 is 11.6 Å². The van der Waals surface area contributed by atoms with Crippen LogP contribution in [0.5, 0.6) is 0 Å². The topological polar surface area (TPSA) is 133 Å². The zero-order valence-electron chi connectivity index (χ0n) is 17.5. The van der Waals surface area contributed by atoms with Crippen molar-refractivity contribution in [3.8, 4) is 11.1 Å². The number of carbonyl (C=O) groups is 2. The first-order valence-corrected chi connectivity index (χ1v) is 10.2. The Morgan fingerprint density at radius 3 is 2.56 bits per heavy atom. The summed E-state index contributed by atoms with van der Waals surface area (Å²) in [6.07, 6.45) is -1.84. The molecule has 3 aromatic rings. The molecule has 0 bridgehead atoms. The molecule has 32 heavy (non-hydrogen) atoms. The van der Waals surface area contributed by atoms with Crippen LogP contribution in [0.2, 0.25) is 5.02 Å². The number of benzene rings is 2. The lowest BCUT2D eigenvalue weighted by molar-refractivity contribution is -0.158. The van der Waals surface area contributed by atoms with Gasteiger partial charge in [0, 0.05) is 11.6 Å². The molecule has 2 aromatic carbocycles. The van der Waals surface area contributed by atoms with Gasteiger partial charge < -0.3 is 9.84 Å². The number of amides is 1. The van der Waals surface area contributed by atoms with E-state index in [0.717, 1.165) is 16.7 Å². The number of halogens is 1. The van der Waals surface area contributed by atoms with E-state index in [0.29, 0.717) is 5.02 Å². The molecule has 1 aromatic heterocycles. The average molecular weight is 459 g/mol. The molecule has 0 aliphatic heterocycles. The maximum atomic E-state index is 12.4. The van der Waals surface area contributed by atoms with Crippen molar-refractivity contribution in [3.05, 3.63) is 64.9 Å². The molecule has 168 valence electrons. The van der Waals surface area contributed by atoms with Crippen molar-refractivity contribution in [3.63, 3.8) is 0 Å². The second-order valence-corrected chi connectivity index (χ2v) is 7.72. The number of nitrogens with zero attached hydrogens (tertiary/aromatic N) is 4. The fourth-order valence-electron chi connectivity index (χ4n) is 2.89. The van der Waals surface area contributed by atoms with Gasteiger partial charge in [-0.1, -0.05) is 48.0 Å². The number of hydrogen-bond acceptors (Lipinski definition) is 8. The summed E-state index contributed by atoms with van der Waals surface area (Å²) in [6.45, 7) is 3.37. The number of aliphatic hydroxyl groups is 1. The van der Waals surface area contributed by atoms with Crippen LogP contribution in [-0.4, -0.2) is 61.4 Å². The van der Waals surface area contributed by atoms with Gasteiger partial charge in [0.1, 0.15) is 0 Å². The highest BCUT2D eigenvalue weighted by molar-refractivity contribution is 6.30. The number of ether oxygens (including phenoxy) is 1. The molecule has 0 aliphatic rings. The smallest absolute Gasteiger partial charge is 0.336 e. The summed E-state index contributed by atoms with van der Waals surface area (Å²) in [6, 6.07) is 15.1. The Morgan fingerprint density at radius 2 is 1.94 bits per heavy atom. The lowest BCUT2D eigenvalue weighted by Gasteiger charge is -2.25. The van der Waals surface area contributed by atoms with Crippen LogP contribution in [0.3, 0.4) is 0 Å². The fourth-order valence-corrected chi connectivity index (χ4v) is 3.08. The largest absolute Gasteiger partial charge is 0.461 e. The molecule has 0 fully saturated rings. The second-order valence-electron chi connectivity index (χ2n) is 7.28. The highest BCUT2D eigenvalue weighted by Crippen LogP contribution is 2.23. The van der Waals surface area contributed by atoms with Crippen LogP contribution in [0, 0.1) is 0 Å². The highest BCUT2D eigenvalue weighted by atomic mass is 35.5. The Hall–Kier alpha value is -3.34. The van der Waals surface area contributed by atoms with E-state index in [-0.39, 0.29) is 25.0 Å². The number of rotatable bonds is 9. The number of hydrogen-bond donors (Lipinski definition) is 3. The third-order valence-corrected chi connectivity index (χ3v) is 4.56. The first-order chi connectivity index (χ1) is 15.3. The van der Waals surface area contributed by atoms with E-state index in [2.05, 4.69) is 26.0 Å². The fraction of sp³-hybridized carbons (Fsp3) is 0.286.